The number of ketones is 1. The SMILES string of the molecule is O=C(/C=C\CI)CI. The highest BCUT2D eigenvalue weighted by molar-refractivity contribution is 14.1. The first-order chi connectivity index (χ1) is 3.81. The molecule has 0 aromatic heterocycles. The first-order valence-electron chi connectivity index (χ1n) is 2.12. The lowest BCUT2D eigenvalue weighted by molar-refractivity contribution is -0.112. The van der Waals surface area contributed by atoms with Crippen LogP contribution in [-0.4, -0.2) is 14.6 Å². The molecule has 0 fully saturated rings. The molecule has 0 amide bonds. The number of carbonyl (C=O) groups is 1. The van der Waals surface area contributed by atoms with Gasteiger partial charge in [-0.2, -0.15) is 0 Å². The van der Waals surface area contributed by atoms with Crippen molar-refractivity contribution in [1.29, 1.82) is 0 Å². The van der Waals surface area contributed by atoms with Crippen LogP contribution in [0.15, 0.2) is 12.2 Å². The molecule has 0 aromatic rings. The fourth-order valence-electron chi connectivity index (χ4n) is 0.221. The zero-order chi connectivity index (χ0) is 6.41. The van der Waals surface area contributed by atoms with Crippen molar-refractivity contribution in [1.82, 2.24) is 0 Å². The Hall–Kier alpha value is 0.870. The van der Waals surface area contributed by atoms with Gasteiger partial charge in [0, 0.05) is 4.43 Å². The maximum atomic E-state index is 10.5. The normalized spacial score (nSPS) is 10.2. The molecule has 46 valence electrons. The highest BCUT2D eigenvalue weighted by atomic mass is 127. The summed E-state index contributed by atoms with van der Waals surface area (Å²) in [5.41, 5.74) is 0. The molecule has 0 spiro atoms. The van der Waals surface area contributed by atoms with Gasteiger partial charge in [0.2, 0.25) is 0 Å². The molecule has 0 bridgehead atoms. The van der Waals surface area contributed by atoms with Gasteiger partial charge in [0.15, 0.2) is 5.78 Å². The predicted molar refractivity (Wildman–Crippen MR) is 51.9 cm³/mol. The molecule has 0 radical (unpaired) electrons. The average Bonchev–Trinajstić information content (AvgIpc) is 1.83. The maximum absolute atomic E-state index is 10.5. The molecular formula is C5H6I2O. The Balaban J connectivity index is 3.37. The largest absolute Gasteiger partial charge is 0.294 e. The second-order valence-corrected chi connectivity index (χ2v) is 2.80. The first-order valence-corrected chi connectivity index (χ1v) is 5.17. The third kappa shape index (κ3) is 5.02. The molecule has 0 aliphatic rings. The Labute approximate surface area is 76.2 Å². The van der Waals surface area contributed by atoms with E-state index in [2.05, 4.69) is 22.6 Å². The Bertz CT molecular complexity index is 98.6. The summed E-state index contributed by atoms with van der Waals surface area (Å²) >= 11 is 4.25. The third-order valence-corrected chi connectivity index (χ3v) is 1.78. The smallest absolute Gasteiger partial charge is 0.165 e. The van der Waals surface area contributed by atoms with E-state index in [9.17, 15) is 4.79 Å². The van der Waals surface area contributed by atoms with E-state index in [4.69, 9.17) is 0 Å². The second kappa shape index (κ2) is 6.00. The van der Waals surface area contributed by atoms with E-state index < -0.39 is 0 Å². The van der Waals surface area contributed by atoms with E-state index in [1.54, 1.807) is 6.08 Å². The standard InChI is InChI=1S/C5H6I2O/c6-3-1-2-5(8)4-7/h1-2H,3-4H2/b2-1-. The van der Waals surface area contributed by atoms with Gasteiger partial charge < -0.3 is 0 Å². The molecule has 0 aliphatic heterocycles. The number of halogens is 2. The summed E-state index contributed by atoms with van der Waals surface area (Å²) in [6.07, 6.45) is 3.49. The molecule has 0 heterocycles. The Morgan fingerprint density at radius 2 is 2.12 bits per heavy atom. The van der Waals surface area contributed by atoms with Gasteiger partial charge in [-0.05, 0) is 6.08 Å². The summed E-state index contributed by atoms with van der Waals surface area (Å²) in [5.74, 6) is 0.197. The van der Waals surface area contributed by atoms with Gasteiger partial charge in [-0.3, -0.25) is 4.79 Å². The van der Waals surface area contributed by atoms with Crippen LogP contribution in [0.2, 0.25) is 0 Å². The van der Waals surface area contributed by atoms with Crippen molar-refractivity contribution in [3.05, 3.63) is 12.2 Å². The molecule has 0 aromatic carbocycles. The number of hydrogen-bond donors (Lipinski definition) is 0. The minimum Gasteiger partial charge on any atom is -0.294 e. The molecule has 0 atom stereocenters. The highest BCUT2D eigenvalue weighted by Gasteiger charge is 1.86. The van der Waals surface area contributed by atoms with Gasteiger partial charge in [-0.15, -0.1) is 0 Å². The van der Waals surface area contributed by atoms with E-state index in [0.29, 0.717) is 4.43 Å². The van der Waals surface area contributed by atoms with Crippen molar-refractivity contribution < 1.29 is 4.79 Å². The summed E-state index contributed by atoms with van der Waals surface area (Å²) < 4.78 is 1.50. The third-order valence-electron chi connectivity index (χ3n) is 0.525. The van der Waals surface area contributed by atoms with Crippen LogP contribution < -0.4 is 0 Å². The van der Waals surface area contributed by atoms with Gasteiger partial charge in [-0.1, -0.05) is 51.3 Å². The molecule has 0 unspecified atom stereocenters. The topological polar surface area (TPSA) is 17.1 Å². The monoisotopic (exact) mass is 336 g/mol. The molecule has 8 heavy (non-hydrogen) atoms. The predicted octanol–water partition coefficient (Wildman–Crippen LogP) is 1.98. The number of carbonyl (C=O) groups excluding carboxylic acids is 1. The summed E-state index contributed by atoms with van der Waals surface area (Å²) in [6.45, 7) is 0. The lowest BCUT2D eigenvalue weighted by Crippen LogP contribution is -1.90. The molecule has 0 saturated heterocycles. The number of allylic oxidation sites excluding steroid dienone is 2. The van der Waals surface area contributed by atoms with Crippen LogP contribution in [-0.2, 0) is 4.79 Å². The summed E-state index contributed by atoms with van der Waals surface area (Å²) in [5, 5.41) is 0. The van der Waals surface area contributed by atoms with Crippen LogP contribution >= 0.6 is 45.2 Å². The molecule has 1 nitrogen and oxygen atoms in total. The zero-order valence-corrected chi connectivity index (χ0v) is 8.55. The molecule has 3 heteroatoms. The Morgan fingerprint density at radius 1 is 1.50 bits per heavy atom. The van der Waals surface area contributed by atoms with Crippen molar-refractivity contribution in [2.75, 3.05) is 8.86 Å². The number of alkyl halides is 2. The van der Waals surface area contributed by atoms with E-state index in [1.165, 1.54) is 0 Å². The summed E-state index contributed by atoms with van der Waals surface area (Å²) in [7, 11) is 0. The van der Waals surface area contributed by atoms with E-state index in [0.717, 1.165) is 4.43 Å². The van der Waals surface area contributed by atoms with Crippen LogP contribution in [0.25, 0.3) is 0 Å². The van der Waals surface area contributed by atoms with Crippen LogP contribution in [0.1, 0.15) is 0 Å². The lowest BCUT2D eigenvalue weighted by atomic mass is 10.4. The van der Waals surface area contributed by atoms with Crippen molar-refractivity contribution >= 4 is 51.0 Å². The number of hydrogen-bond acceptors (Lipinski definition) is 1. The van der Waals surface area contributed by atoms with Crippen molar-refractivity contribution in [2.45, 2.75) is 0 Å². The van der Waals surface area contributed by atoms with Gasteiger partial charge in [-0.25, -0.2) is 0 Å². The minimum absolute atomic E-state index is 0.197. The summed E-state index contributed by atoms with van der Waals surface area (Å²) in [6, 6.07) is 0. The van der Waals surface area contributed by atoms with Gasteiger partial charge >= 0.3 is 0 Å². The Morgan fingerprint density at radius 3 is 2.50 bits per heavy atom. The Kier molecular flexibility index (Phi) is 6.65. The van der Waals surface area contributed by atoms with Crippen LogP contribution in [0.5, 0.6) is 0 Å². The summed E-state index contributed by atoms with van der Waals surface area (Å²) in [4.78, 5) is 10.5. The molecule has 0 saturated carbocycles. The quantitative estimate of drug-likeness (QED) is 0.438. The van der Waals surface area contributed by atoms with E-state index in [-0.39, 0.29) is 5.78 Å². The van der Waals surface area contributed by atoms with Crippen molar-refractivity contribution in [3.63, 3.8) is 0 Å². The number of rotatable bonds is 3. The van der Waals surface area contributed by atoms with E-state index in [1.807, 2.05) is 28.7 Å². The fourth-order valence-corrected chi connectivity index (χ4v) is 0.729. The average molecular weight is 336 g/mol. The molecule has 0 rings (SSSR count). The first kappa shape index (κ1) is 8.87. The van der Waals surface area contributed by atoms with E-state index >= 15 is 0 Å². The van der Waals surface area contributed by atoms with Gasteiger partial charge in [0.1, 0.15) is 0 Å². The van der Waals surface area contributed by atoms with Crippen LogP contribution in [0.3, 0.4) is 0 Å². The fraction of sp³-hybridized carbons (Fsp3) is 0.400. The molecule has 0 aliphatic carbocycles. The van der Waals surface area contributed by atoms with Gasteiger partial charge in [0.05, 0.1) is 4.43 Å². The highest BCUT2D eigenvalue weighted by Crippen LogP contribution is 1.87. The maximum Gasteiger partial charge on any atom is 0.165 e. The molecular weight excluding hydrogens is 330 g/mol. The second-order valence-electron chi connectivity index (χ2n) is 1.16. The molecule has 0 N–H and O–H groups in total. The van der Waals surface area contributed by atoms with Crippen molar-refractivity contribution in [3.8, 4) is 0 Å². The minimum atomic E-state index is 0.197. The van der Waals surface area contributed by atoms with Crippen molar-refractivity contribution in [2.24, 2.45) is 0 Å². The lowest BCUT2D eigenvalue weighted by Gasteiger charge is -1.79. The van der Waals surface area contributed by atoms with Crippen LogP contribution in [0.4, 0.5) is 0 Å². The van der Waals surface area contributed by atoms with Crippen LogP contribution in [0, 0.1) is 0 Å². The van der Waals surface area contributed by atoms with Gasteiger partial charge in [0.25, 0.3) is 0 Å². The zero-order valence-electron chi connectivity index (χ0n) is 4.23.